The van der Waals surface area contributed by atoms with Gasteiger partial charge in [0.1, 0.15) is 5.78 Å². The number of aryl methyl sites for hydroxylation is 1. The van der Waals surface area contributed by atoms with E-state index in [9.17, 15) is 4.79 Å². The number of hydrogen-bond acceptors (Lipinski definition) is 2. The minimum atomic E-state index is 0.225. The molecular formula is C15H13BOS. The third-order valence-corrected chi connectivity index (χ3v) is 4.45. The van der Waals surface area contributed by atoms with Gasteiger partial charge >= 0.3 is 0 Å². The topological polar surface area (TPSA) is 17.1 Å². The van der Waals surface area contributed by atoms with Crippen molar-refractivity contribution in [3.63, 3.8) is 0 Å². The average Bonchev–Trinajstić information content (AvgIpc) is 2.39. The van der Waals surface area contributed by atoms with E-state index in [4.69, 9.17) is 0 Å². The summed E-state index contributed by atoms with van der Waals surface area (Å²) >= 11 is 1.74. The molecule has 0 saturated carbocycles. The predicted molar refractivity (Wildman–Crippen MR) is 80.6 cm³/mol. The highest BCUT2D eigenvalue weighted by molar-refractivity contribution is 8.29. The molecule has 3 heteroatoms. The van der Waals surface area contributed by atoms with Gasteiger partial charge in [-0.3, -0.25) is 4.79 Å². The van der Waals surface area contributed by atoms with Crippen LogP contribution in [0.3, 0.4) is 0 Å². The molecule has 0 fully saturated rings. The van der Waals surface area contributed by atoms with Gasteiger partial charge in [0.2, 0.25) is 0 Å². The van der Waals surface area contributed by atoms with Crippen molar-refractivity contribution in [3.8, 4) is 0 Å². The molecule has 0 amide bonds. The van der Waals surface area contributed by atoms with E-state index in [2.05, 4.69) is 43.3 Å². The molecule has 2 aromatic carbocycles. The summed E-state index contributed by atoms with van der Waals surface area (Å²) < 4.78 is 0. The lowest BCUT2D eigenvalue weighted by Crippen LogP contribution is -2.30. The van der Waals surface area contributed by atoms with Crippen LogP contribution in [0.5, 0.6) is 0 Å². The van der Waals surface area contributed by atoms with Crippen molar-refractivity contribution in [1.29, 1.82) is 0 Å². The highest BCUT2D eigenvalue weighted by atomic mass is 32.2. The summed E-state index contributed by atoms with van der Waals surface area (Å²) in [5.41, 5.74) is 2.57. The van der Waals surface area contributed by atoms with Gasteiger partial charge in [-0.05, 0) is 34.7 Å². The number of rotatable bonds is 1. The lowest BCUT2D eigenvalue weighted by Gasteiger charge is -2.16. The third-order valence-electron chi connectivity index (χ3n) is 3.41. The molecule has 0 spiro atoms. The van der Waals surface area contributed by atoms with Crippen LogP contribution < -0.4 is 5.46 Å². The first kappa shape index (κ1) is 11.6. The minimum Gasteiger partial charge on any atom is -0.296 e. The Bertz CT molecular complexity index is 648. The van der Waals surface area contributed by atoms with Crippen LogP contribution in [0.25, 0.3) is 10.8 Å². The number of carbonyl (C=O) groups excluding carboxylic acids is 1. The number of benzene rings is 2. The maximum absolute atomic E-state index is 11.5. The normalized spacial score (nSPS) is 15.4. The number of ketones is 1. The first-order valence-electron chi connectivity index (χ1n) is 6.09. The molecule has 88 valence electrons. The minimum absolute atomic E-state index is 0.225. The zero-order chi connectivity index (χ0) is 12.5. The fourth-order valence-electron chi connectivity index (χ4n) is 2.45. The third kappa shape index (κ3) is 1.99. The fraction of sp³-hybridized carbons (Fsp3) is 0.133. The van der Waals surface area contributed by atoms with Crippen LogP contribution in [0.1, 0.15) is 5.56 Å². The molecule has 0 aromatic heterocycles. The molecule has 3 rings (SSSR count). The van der Waals surface area contributed by atoms with Crippen LogP contribution in [0.2, 0.25) is 6.32 Å². The van der Waals surface area contributed by atoms with Gasteiger partial charge in [0.15, 0.2) is 0 Å². The van der Waals surface area contributed by atoms with E-state index in [1.807, 2.05) is 5.41 Å². The molecule has 1 heterocycles. The van der Waals surface area contributed by atoms with Gasteiger partial charge in [-0.25, -0.2) is 0 Å². The van der Waals surface area contributed by atoms with E-state index < -0.39 is 0 Å². The number of allylic oxidation sites excluding steroid dienone is 1. The molecule has 0 radical (unpaired) electrons. The molecule has 0 N–H and O–H groups in total. The van der Waals surface area contributed by atoms with Crippen LogP contribution in [0.15, 0.2) is 47.9 Å². The Morgan fingerprint density at radius 1 is 1.11 bits per heavy atom. The van der Waals surface area contributed by atoms with Crippen molar-refractivity contribution < 1.29 is 4.79 Å². The zero-order valence-electron chi connectivity index (χ0n) is 10.2. The highest BCUT2D eigenvalue weighted by Crippen LogP contribution is 2.24. The molecule has 0 unspecified atom stereocenters. The van der Waals surface area contributed by atoms with Crippen molar-refractivity contribution in [2.75, 3.05) is 0 Å². The number of fused-ring (bicyclic) bond motifs is 1. The molecule has 0 aliphatic carbocycles. The Labute approximate surface area is 111 Å². The Balaban J connectivity index is 2.15. The molecular weight excluding hydrogens is 239 g/mol. The van der Waals surface area contributed by atoms with Crippen molar-refractivity contribution in [2.45, 2.75) is 13.2 Å². The summed E-state index contributed by atoms with van der Waals surface area (Å²) in [4.78, 5) is 11.5. The maximum Gasteiger partial charge on any atom is 0.255 e. The summed E-state index contributed by atoms with van der Waals surface area (Å²) in [5, 5.41) is 4.49. The standard InChI is InChI=1S/C15H13BOS/c1-11-6-7-15(14-5-3-2-4-13(11)14)16-10-12(17)8-9-18-16/h2-9H,10H2,1H3. The summed E-state index contributed by atoms with van der Waals surface area (Å²) in [6, 6.07) is 12.8. The van der Waals surface area contributed by atoms with Gasteiger partial charge in [-0.1, -0.05) is 41.9 Å². The van der Waals surface area contributed by atoms with Gasteiger partial charge < -0.3 is 0 Å². The van der Waals surface area contributed by atoms with E-state index in [1.54, 1.807) is 17.7 Å². The van der Waals surface area contributed by atoms with E-state index in [0.29, 0.717) is 6.32 Å². The maximum atomic E-state index is 11.5. The second kappa shape index (κ2) is 4.66. The van der Waals surface area contributed by atoms with Gasteiger partial charge in [0, 0.05) is 6.32 Å². The Hall–Kier alpha value is -1.48. The summed E-state index contributed by atoms with van der Waals surface area (Å²) in [6.45, 7) is 2.13. The number of carbonyl (C=O) groups is 1. The van der Waals surface area contributed by atoms with Crippen LogP contribution in [0.4, 0.5) is 0 Å². The summed E-state index contributed by atoms with van der Waals surface area (Å²) in [7, 11) is 0. The molecule has 1 nitrogen and oxygen atoms in total. The Morgan fingerprint density at radius 3 is 2.67 bits per heavy atom. The monoisotopic (exact) mass is 252 g/mol. The van der Waals surface area contributed by atoms with Crippen LogP contribution in [-0.4, -0.2) is 11.8 Å². The summed E-state index contributed by atoms with van der Waals surface area (Å²) in [5.74, 6) is 0.483. The van der Waals surface area contributed by atoms with Gasteiger partial charge in [0.05, 0.1) is 0 Å². The van der Waals surface area contributed by atoms with Crippen molar-refractivity contribution in [3.05, 3.63) is 53.4 Å². The Morgan fingerprint density at radius 2 is 1.89 bits per heavy atom. The largest absolute Gasteiger partial charge is 0.296 e. The predicted octanol–water partition coefficient (Wildman–Crippen LogP) is 3.18. The van der Waals surface area contributed by atoms with Crippen LogP contribution in [0, 0.1) is 6.92 Å². The van der Waals surface area contributed by atoms with Crippen molar-refractivity contribution in [1.82, 2.24) is 0 Å². The molecule has 18 heavy (non-hydrogen) atoms. The van der Waals surface area contributed by atoms with E-state index in [1.165, 1.54) is 21.8 Å². The van der Waals surface area contributed by atoms with Gasteiger partial charge in [-0.15, -0.1) is 0 Å². The lowest BCUT2D eigenvalue weighted by molar-refractivity contribution is -0.112. The zero-order valence-corrected chi connectivity index (χ0v) is 11.0. The molecule has 0 saturated heterocycles. The second-order valence-electron chi connectivity index (χ2n) is 4.62. The first-order chi connectivity index (χ1) is 8.75. The van der Waals surface area contributed by atoms with E-state index >= 15 is 0 Å². The quantitative estimate of drug-likeness (QED) is 0.725. The van der Waals surface area contributed by atoms with Crippen molar-refractivity contribution >= 4 is 39.6 Å². The molecule has 0 bridgehead atoms. The van der Waals surface area contributed by atoms with Crippen LogP contribution >= 0.6 is 11.6 Å². The lowest BCUT2D eigenvalue weighted by atomic mass is 9.62. The molecule has 1 aliphatic rings. The number of hydrogen-bond donors (Lipinski definition) is 0. The van der Waals surface area contributed by atoms with E-state index in [0.717, 1.165) is 0 Å². The smallest absolute Gasteiger partial charge is 0.255 e. The Kier molecular flexibility index (Phi) is 3.00. The highest BCUT2D eigenvalue weighted by Gasteiger charge is 2.24. The second-order valence-corrected chi connectivity index (χ2v) is 5.73. The summed E-state index contributed by atoms with van der Waals surface area (Å²) in [6.07, 6.45) is 2.28. The molecule has 2 aromatic rings. The average molecular weight is 252 g/mol. The SMILES string of the molecule is Cc1ccc(B2CC(=O)C=CS2)c2ccccc12. The van der Waals surface area contributed by atoms with Gasteiger partial charge in [0.25, 0.3) is 5.99 Å². The molecule has 0 atom stereocenters. The van der Waals surface area contributed by atoms with Crippen molar-refractivity contribution in [2.24, 2.45) is 0 Å². The fourth-order valence-corrected chi connectivity index (χ4v) is 3.48. The van der Waals surface area contributed by atoms with E-state index in [-0.39, 0.29) is 11.8 Å². The molecule has 1 aliphatic heterocycles. The van der Waals surface area contributed by atoms with Crippen LogP contribution in [-0.2, 0) is 4.79 Å². The first-order valence-corrected chi connectivity index (χ1v) is 7.03. The van der Waals surface area contributed by atoms with Gasteiger partial charge in [-0.2, -0.15) is 11.6 Å².